The molecule has 1 aromatic carbocycles. The van der Waals surface area contributed by atoms with Gasteiger partial charge in [-0.1, -0.05) is 6.07 Å². The lowest BCUT2D eigenvalue weighted by molar-refractivity contribution is -0.104. The van der Waals surface area contributed by atoms with Gasteiger partial charge in [0.2, 0.25) is 0 Å². The number of hydrogen-bond acceptors (Lipinski definition) is 5. The maximum atomic E-state index is 11.2. The van der Waals surface area contributed by atoms with Gasteiger partial charge < -0.3 is 15.2 Å². The number of carbonyl (C=O) groups excluding carboxylic acids is 2. The highest BCUT2D eigenvalue weighted by atomic mass is 32.2. The van der Waals surface area contributed by atoms with Crippen LogP contribution >= 0.6 is 11.8 Å². The van der Waals surface area contributed by atoms with Crippen LogP contribution in [0.1, 0.15) is 12.5 Å². The molecule has 0 bridgehead atoms. The summed E-state index contributed by atoms with van der Waals surface area (Å²) in [6.07, 6.45) is 2.15. The lowest BCUT2D eigenvalue weighted by atomic mass is 10.2. The largest absolute Gasteiger partial charge is 0.504 e. The number of nitrogens with one attached hydrogen (secondary N) is 1. The Morgan fingerprint density at radius 3 is 2.84 bits per heavy atom. The standard InChI is InChI=1S/C13H15NO4S/c1-3-18-12-7-9(4-5-11(12)16)6-10(8-15)19-13(17)14-2/h4-8,16H,3H2,1-2H3,(H,14,17)/b10-6-. The number of thioether (sulfide) groups is 1. The minimum atomic E-state index is -0.317. The van der Waals surface area contributed by atoms with Gasteiger partial charge in [-0.3, -0.25) is 9.59 Å². The summed E-state index contributed by atoms with van der Waals surface area (Å²) < 4.78 is 5.24. The molecule has 102 valence electrons. The molecule has 1 rings (SSSR count). The number of phenols is 1. The summed E-state index contributed by atoms with van der Waals surface area (Å²) in [4.78, 5) is 22.3. The number of allylic oxidation sites excluding steroid dienone is 1. The van der Waals surface area contributed by atoms with E-state index < -0.39 is 0 Å². The molecule has 0 aromatic heterocycles. The highest BCUT2D eigenvalue weighted by Gasteiger charge is 2.06. The number of benzene rings is 1. The Balaban J connectivity index is 2.98. The quantitative estimate of drug-likeness (QED) is 0.640. The van der Waals surface area contributed by atoms with Crippen molar-refractivity contribution in [2.45, 2.75) is 6.92 Å². The summed E-state index contributed by atoms with van der Waals surface area (Å²) in [6.45, 7) is 2.23. The molecule has 0 aliphatic rings. The Hall–Kier alpha value is -1.95. The number of aldehydes is 1. The highest BCUT2D eigenvalue weighted by molar-refractivity contribution is 8.17. The topological polar surface area (TPSA) is 75.6 Å². The van der Waals surface area contributed by atoms with Crippen LogP contribution in [0.15, 0.2) is 23.1 Å². The van der Waals surface area contributed by atoms with Crippen molar-refractivity contribution < 1.29 is 19.4 Å². The normalized spacial score (nSPS) is 10.9. The van der Waals surface area contributed by atoms with E-state index in [1.54, 1.807) is 25.1 Å². The van der Waals surface area contributed by atoms with Crippen molar-refractivity contribution in [1.82, 2.24) is 5.32 Å². The molecule has 1 aromatic rings. The molecule has 0 saturated carbocycles. The van der Waals surface area contributed by atoms with Gasteiger partial charge in [-0.15, -0.1) is 0 Å². The van der Waals surface area contributed by atoms with Gasteiger partial charge in [-0.25, -0.2) is 0 Å². The molecule has 1 amide bonds. The zero-order valence-electron chi connectivity index (χ0n) is 10.7. The first-order valence-electron chi connectivity index (χ1n) is 5.63. The molecule has 0 spiro atoms. The highest BCUT2D eigenvalue weighted by Crippen LogP contribution is 2.28. The molecule has 2 N–H and O–H groups in total. The van der Waals surface area contributed by atoms with E-state index in [0.717, 1.165) is 11.8 Å². The fraction of sp³-hybridized carbons (Fsp3) is 0.231. The third-order valence-corrected chi connectivity index (χ3v) is 2.96. The molecule has 0 radical (unpaired) electrons. The maximum absolute atomic E-state index is 11.2. The summed E-state index contributed by atoms with van der Waals surface area (Å²) in [5, 5.41) is 11.7. The summed E-state index contributed by atoms with van der Waals surface area (Å²) in [5.41, 5.74) is 0.666. The van der Waals surface area contributed by atoms with Crippen molar-refractivity contribution in [2.75, 3.05) is 13.7 Å². The first-order valence-corrected chi connectivity index (χ1v) is 6.44. The monoisotopic (exact) mass is 281 g/mol. The first kappa shape index (κ1) is 15.1. The van der Waals surface area contributed by atoms with Crippen molar-refractivity contribution in [1.29, 1.82) is 0 Å². The number of phenolic OH excluding ortho intramolecular Hbond substituents is 1. The van der Waals surface area contributed by atoms with E-state index in [9.17, 15) is 14.7 Å². The Bertz CT molecular complexity index is 499. The molecule has 0 fully saturated rings. The minimum absolute atomic E-state index is 0.0330. The molecule has 6 heteroatoms. The molecular formula is C13H15NO4S. The number of ether oxygens (including phenoxy) is 1. The Labute approximate surface area is 115 Å². The van der Waals surface area contributed by atoms with Crippen LogP contribution in [0.3, 0.4) is 0 Å². The molecular weight excluding hydrogens is 266 g/mol. The molecule has 0 unspecified atom stereocenters. The number of amides is 1. The average molecular weight is 281 g/mol. The molecule has 0 heterocycles. The van der Waals surface area contributed by atoms with Gasteiger partial charge in [0, 0.05) is 7.05 Å². The number of hydrogen-bond donors (Lipinski definition) is 2. The zero-order chi connectivity index (χ0) is 14.3. The zero-order valence-corrected chi connectivity index (χ0v) is 11.5. The SMILES string of the molecule is CCOc1cc(/C=C(/C=O)SC(=O)NC)ccc1O. The molecule has 0 atom stereocenters. The van der Waals surface area contributed by atoms with E-state index in [1.165, 1.54) is 13.1 Å². The smallest absolute Gasteiger partial charge is 0.283 e. The summed E-state index contributed by atoms with van der Waals surface area (Å²) >= 11 is 0.803. The summed E-state index contributed by atoms with van der Waals surface area (Å²) in [7, 11) is 1.49. The third kappa shape index (κ3) is 4.67. The molecule has 0 aliphatic heterocycles. The lowest BCUT2D eigenvalue weighted by Crippen LogP contribution is -2.11. The van der Waals surface area contributed by atoms with Gasteiger partial charge in [0.1, 0.15) is 0 Å². The van der Waals surface area contributed by atoms with E-state index in [1.807, 2.05) is 0 Å². The van der Waals surface area contributed by atoms with Gasteiger partial charge in [0.25, 0.3) is 5.24 Å². The summed E-state index contributed by atoms with van der Waals surface area (Å²) in [5.74, 6) is 0.372. The second-order valence-electron chi connectivity index (χ2n) is 3.46. The second-order valence-corrected chi connectivity index (χ2v) is 4.51. The molecule has 5 nitrogen and oxygen atoms in total. The van der Waals surface area contributed by atoms with E-state index in [2.05, 4.69) is 5.32 Å². The van der Waals surface area contributed by atoms with Crippen LogP contribution in [0.25, 0.3) is 6.08 Å². The number of rotatable bonds is 5. The van der Waals surface area contributed by atoms with Gasteiger partial charge >= 0.3 is 0 Å². The Morgan fingerprint density at radius 1 is 1.53 bits per heavy atom. The summed E-state index contributed by atoms with van der Waals surface area (Å²) in [6, 6.07) is 4.71. The van der Waals surface area contributed by atoms with Crippen molar-refractivity contribution in [3.05, 3.63) is 28.7 Å². The predicted molar refractivity (Wildman–Crippen MR) is 75.4 cm³/mol. The van der Waals surface area contributed by atoms with Crippen LogP contribution in [0.5, 0.6) is 11.5 Å². The van der Waals surface area contributed by atoms with Crippen LogP contribution in [0.4, 0.5) is 4.79 Å². The second kappa shape index (κ2) is 7.48. The lowest BCUT2D eigenvalue weighted by Gasteiger charge is -2.06. The number of carbonyl (C=O) groups is 2. The van der Waals surface area contributed by atoms with Crippen LogP contribution in [-0.2, 0) is 4.79 Å². The van der Waals surface area contributed by atoms with Crippen LogP contribution in [-0.4, -0.2) is 30.3 Å². The third-order valence-electron chi connectivity index (χ3n) is 2.12. The van der Waals surface area contributed by atoms with E-state index in [4.69, 9.17) is 4.74 Å². The van der Waals surface area contributed by atoms with Gasteiger partial charge in [-0.05, 0) is 42.5 Å². The van der Waals surface area contributed by atoms with Gasteiger partial charge in [0.05, 0.1) is 11.5 Å². The fourth-order valence-electron chi connectivity index (χ4n) is 1.30. The van der Waals surface area contributed by atoms with E-state index >= 15 is 0 Å². The van der Waals surface area contributed by atoms with Gasteiger partial charge in [-0.2, -0.15) is 0 Å². The molecule has 0 saturated heterocycles. The minimum Gasteiger partial charge on any atom is -0.504 e. The van der Waals surface area contributed by atoms with Crippen molar-refractivity contribution in [2.24, 2.45) is 0 Å². The predicted octanol–water partition coefficient (Wildman–Crippen LogP) is 2.40. The number of aromatic hydroxyl groups is 1. The van der Waals surface area contributed by atoms with Crippen LogP contribution < -0.4 is 10.1 Å². The van der Waals surface area contributed by atoms with Crippen molar-refractivity contribution in [3.63, 3.8) is 0 Å². The van der Waals surface area contributed by atoms with Crippen LogP contribution in [0, 0.1) is 0 Å². The maximum Gasteiger partial charge on any atom is 0.283 e. The fourth-order valence-corrected chi connectivity index (χ4v) is 1.86. The van der Waals surface area contributed by atoms with E-state index in [0.29, 0.717) is 24.2 Å². The molecule has 19 heavy (non-hydrogen) atoms. The molecule has 0 aliphatic carbocycles. The van der Waals surface area contributed by atoms with Crippen LogP contribution in [0.2, 0.25) is 0 Å². The van der Waals surface area contributed by atoms with E-state index in [-0.39, 0.29) is 15.9 Å². The van der Waals surface area contributed by atoms with Crippen molar-refractivity contribution in [3.8, 4) is 11.5 Å². The van der Waals surface area contributed by atoms with Crippen molar-refractivity contribution >= 4 is 29.4 Å². The Kier molecular flexibility index (Phi) is 5.95. The first-order chi connectivity index (χ1) is 9.10. The average Bonchev–Trinajstić information content (AvgIpc) is 2.41. The Morgan fingerprint density at radius 2 is 2.26 bits per heavy atom. The van der Waals surface area contributed by atoms with Gasteiger partial charge in [0.15, 0.2) is 17.8 Å².